The summed E-state index contributed by atoms with van der Waals surface area (Å²) in [7, 11) is 0. The number of hydrogen-bond donors (Lipinski definition) is 4. The number of carbonyl (C=O) groups is 1. The Bertz CT molecular complexity index is 1100. The maximum Gasteiger partial charge on any atom is 0.490 e. The molecule has 4 heterocycles. The smallest absolute Gasteiger partial charge is 0.475 e. The molecule has 3 aromatic heterocycles. The monoisotopic (exact) mass is 584 g/mol. The number of nitrogens with two attached hydrogens (primary N) is 1. The van der Waals surface area contributed by atoms with Crippen molar-refractivity contribution in [3.05, 3.63) is 43.0 Å². The summed E-state index contributed by atoms with van der Waals surface area (Å²) in [6, 6.07) is 6.27. The molecule has 33 heavy (non-hydrogen) atoms. The largest absolute Gasteiger partial charge is 0.490 e. The van der Waals surface area contributed by atoms with Gasteiger partial charge < -0.3 is 21.5 Å². The quantitative estimate of drug-likeness (QED) is 0.288. The van der Waals surface area contributed by atoms with E-state index in [-0.39, 0.29) is 6.04 Å². The summed E-state index contributed by atoms with van der Waals surface area (Å²) in [4.78, 5) is 16.0. The third-order valence-corrected chi connectivity index (χ3v) is 8.47. The predicted molar refractivity (Wildman–Crippen MR) is 130 cm³/mol. The van der Waals surface area contributed by atoms with Gasteiger partial charge >= 0.3 is 12.1 Å². The second kappa shape index (κ2) is 11.3. The summed E-state index contributed by atoms with van der Waals surface area (Å²) in [5.41, 5.74) is 8.44. The van der Waals surface area contributed by atoms with E-state index >= 15 is 0 Å². The molecule has 4 rings (SSSR count). The zero-order chi connectivity index (χ0) is 24.2. The van der Waals surface area contributed by atoms with Crippen LogP contribution in [0.5, 0.6) is 0 Å². The summed E-state index contributed by atoms with van der Waals surface area (Å²) in [6.07, 6.45) is -3.05. The molecular formula is C20H21BrClF3N4O2S2. The van der Waals surface area contributed by atoms with Crippen LogP contribution in [-0.4, -0.2) is 41.4 Å². The van der Waals surface area contributed by atoms with Gasteiger partial charge in [-0.15, -0.1) is 22.7 Å². The first-order chi connectivity index (χ1) is 15.6. The van der Waals surface area contributed by atoms with Crippen LogP contribution in [0, 0.1) is 0 Å². The second-order valence-corrected chi connectivity index (χ2v) is 10.5. The van der Waals surface area contributed by atoms with Crippen LogP contribution >= 0.6 is 50.2 Å². The minimum absolute atomic E-state index is 0.160. The fourth-order valence-electron chi connectivity index (χ4n) is 3.38. The van der Waals surface area contributed by atoms with Crippen LogP contribution in [0.25, 0.3) is 10.2 Å². The Hall–Kier alpha value is -1.44. The first kappa shape index (κ1) is 26.2. The minimum atomic E-state index is -5.08. The highest BCUT2D eigenvalue weighted by Gasteiger charge is 2.38. The molecule has 6 nitrogen and oxygen atoms in total. The van der Waals surface area contributed by atoms with Crippen LogP contribution in [0.1, 0.15) is 28.5 Å². The fraction of sp³-hybridized carbons (Fsp3) is 0.400. The molecule has 0 radical (unpaired) electrons. The van der Waals surface area contributed by atoms with Crippen molar-refractivity contribution in [2.75, 3.05) is 18.4 Å². The van der Waals surface area contributed by atoms with Gasteiger partial charge in [0.05, 0.1) is 20.4 Å². The van der Waals surface area contributed by atoms with Crippen molar-refractivity contribution >= 4 is 72.1 Å². The number of alkyl halides is 3. The number of nitrogens with one attached hydrogen (secondary N) is 2. The van der Waals surface area contributed by atoms with Gasteiger partial charge in [0.1, 0.15) is 5.15 Å². The fourth-order valence-corrected chi connectivity index (χ4v) is 6.51. The number of rotatable bonds is 4. The first-order valence-corrected chi connectivity index (χ1v) is 12.8. The van der Waals surface area contributed by atoms with E-state index < -0.39 is 12.1 Å². The molecule has 5 N–H and O–H groups in total. The molecule has 1 aliphatic rings. The first-order valence-electron chi connectivity index (χ1n) is 9.89. The molecule has 0 aliphatic carbocycles. The van der Waals surface area contributed by atoms with E-state index in [1.54, 1.807) is 22.7 Å². The number of nitrogens with zero attached hydrogens (tertiary/aromatic N) is 1. The zero-order valence-electron chi connectivity index (χ0n) is 17.1. The summed E-state index contributed by atoms with van der Waals surface area (Å²) in [5, 5.41) is 16.7. The van der Waals surface area contributed by atoms with Gasteiger partial charge in [-0.25, -0.2) is 9.78 Å². The number of fused-ring (bicyclic) bond motifs is 1. The Morgan fingerprint density at radius 2 is 2.09 bits per heavy atom. The molecular weight excluding hydrogens is 565 g/mol. The summed E-state index contributed by atoms with van der Waals surface area (Å²) < 4.78 is 33.9. The Morgan fingerprint density at radius 1 is 1.39 bits per heavy atom. The van der Waals surface area contributed by atoms with Gasteiger partial charge in [0.15, 0.2) is 0 Å². The van der Waals surface area contributed by atoms with E-state index in [0.717, 1.165) is 52.9 Å². The number of aromatic nitrogens is 1. The molecule has 1 fully saturated rings. The van der Waals surface area contributed by atoms with Gasteiger partial charge in [-0.3, -0.25) is 0 Å². The van der Waals surface area contributed by atoms with Gasteiger partial charge in [0.2, 0.25) is 0 Å². The van der Waals surface area contributed by atoms with Crippen LogP contribution in [0.15, 0.2) is 28.1 Å². The molecule has 0 spiro atoms. The lowest BCUT2D eigenvalue weighted by Crippen LogP contribution is -2.28. The van der Waals surface area contributed by atoms with Crippen molar-refractivity contribution in [2.45, 2.75) is 37.5 Å². The highest BCUT2D eigenvalue weighted by molar-refractivity contribution is 9.10. The number of aliphatic carboxylic acids is 1. The number of hydrogen-bond acceptors (Lipinski definition) is 7. The van der Waals surface area contributed by atoms with Gasteiger partial charge in [-0.1, -0.05) is 17.7 Å². The lowest BCUT2D eigenvalue weighted by atomic mass is 9.94. The lowest BCUT2D eigenvalue weighted by Gasteiger charge is -2.19. The number of halogens is 5. The number of thiophene rings is 2. The van der Waals surface area contributed by atoms with Crippen LogP contribution in [-0.2, 0) is 11.3 Å². The van der Waals surface area contributed by atoms with Gasteiger partial charge in [-0.2, -0.15) is 13.2 Å². The molecule has 0 aromatic carbocycles. The highest BCUT2D eigenvalue weighted by Crippen LogP contribution is 2.45. The van der Waals surface area contributed by atoms with Crippen molar-refractivity contribution in [1.82, 2.24) is 10.3 Å². The van der Waals surface area contributed by atoms with Crippen molar-refractivity contribution in [1.29, 1.82) is 0 Å². The molecule has 0 bridgehead atoms. The van der Waals surface area contributed by atoms with Gasteiger partial charge in [0, 0.05) is 34.3 Å². The molecule has 180 valence electrons. The molecule has 1 aliphatic heterocycles. The maximum absolute atomic E-state index is 10.6. The molecule has 1 saturated heterocycles. The van der Waals surface area contributed by atoms with Crippen molar-refractivity contribution < 1.29 is 23.1 Å². The van der Waals surface area contributed by atoms with Crippen LogP contribution in [0.2, 0.25) is 5.15 Å². The predicted octanol–water partition coefficient (Wildman–Crippen LogP) is 5.81. The van der Waals surface area contributed by atoms with Crippen LogP contribution in [0.3, 0.4) is 0 Å². The second-order valence-electron chi connectivity index (χ2n) is 7.28. The molecule has 2 atom stereocenters. The third-order valence-electron chi connectivity index (χ3n) is 4.99. The average molecular weight is 586 g/mol. The van der Waals surface area contributed by atoms with Crippen molar-refractivity contribution in [3.8, 4) is 0 Å². The van der Waals surface area contributed by atoms with E-state index in [4.69, 9.17) is 27.2 Å². The number of pyridine rings is 1. The summed E-state index contributed by atoms with van der Waals surface area (Å²) in [6.45, 7) is 2.76. The SMILES string of the molecule is N[C@H]1CCNCC[C@H]1c1sc2c(NCc3cccs3)cc(Cl)nc2c1Br.O=C(O)C(F)(F)F. The van der Waals surface area contributed by atoms with Gasteiger partial charge in [0.25, 0.3) is 0 Å². The molecule has 0 amide bonds. The Balaban J connectivity index is 0.000000383. The normalized spacial score (nSPS) is 19.0. The number of carboxylic acid groups (broad SMARTS) is 1. The van der Waals surface area contributed by atoms with E-state index in [0.29, 0.717) is 11.1 Å². The van der Waals surface area contributed by atoms with Gasteiger partial charge in [-0.05, 0) is 53.3 Å². The van der Waals surface area contributed by atoms with E-state index in [9.17, 15) is 13.2 Å². The van der Waals surface area contributed by atoms with Crippen LogP contribution in [0.4, 0.5) is 18.9 Å². The lowest BCUT2D eigenvalue weighted by molar-refractivity contribution is -0.192. The van der Waals surface area contributed by atoms with Crippen LogP contribution < -0.4 is 16.4 Å². The Kier molecular flexibility index (Phi) is 8.98. The van der Waals surface area contributed by atoms with E-state index in [2.05, 4.69) is 49.1 Å². The van der Waals surface area contributed by atoms with Crippen molar-refractivity contribution in [2.24, 2.45) is 5.73 Å². The maximum atomic E-state index is 10.6. The highest BCUT2D eigenvalue weighted by atomic mass is 79.9. The van der Waals surface area contributed by atoms with Crippen molar-refractivity contribution in [3.63, 3.8) is 0 Å². The third kappa shape index (κ3) is 6.80. The minimum Gasteiger partial charge on any atom is -0.475 e. The molecule has 0 unspecified atom stereocenters. The summed E-state index contributed by atoms with van der Waals surface area (Å²) >= 11 is 13.6. The standard InChI is InChI=1S/C18H20BrClN4S2.C2HF3O2/c19-15-16-18(26-17(15)11-3-5-22-6-4-12(11)21)13(8-14(20)24-16)23-9-10-2-1-7-25-10;3-2(4,5)1(6)7/h1-2,7-8,11-12,22H,3-6,9,21H2,(H,23,24);(H,6,7)/t11-,12+;/m1./s1. The topological polar surface area (TPSA) is 100 Å². The number of anilines is 1. The molecule has 13 heteroatoms. The Labute approximate surface area is 209 Å². The zero-order valence-corrected chi connectivity index (χ0v) is 21.1. The van der Waals surface area contributed by atoms with E-state index in [1.807, 2.05) is 6.07 Å². The number of carboxylic acids is 1. The molecule has 3 aromatic rings. The summed E-state index contributed by atoms with van der Waals surface area (Å²) in [5.74, 6) is -2.42. The average Bonchev–Trinajstić information content (AvgIpc) is 3.31. The van der Waals surface area contributed by atoms with E-state index in [1.165, 1.54) is 9.75 Å². The molecule has 0 saturated carbocycles. The Morgan fingerprint density at radius 3 is 2.73 bits per heavy atom.